The lowest BCUT2D eigenvalue weighted by Crippen LogP contribution is -1.99. The first-order valence-electron chi connectivity index (χ1n) is 13.7. The fourth-order valence-corrected chi connectivity index (χ4v) is 6.46. The quantitative estimate of drug-likeness (QED) is 0.221. The van der Waals surface area contributed by atoms with Gasteiger partial charge >= 0.3 is 0 Å². The van der Waals surface area contributed by atoms with E-state index >= 15 is 0 Å². The minimum atomic E-state index is 0.928. The lowest BCUT2D eigenvalue weighted by Gasteiger charge is -2.23. The highest BCUT2D eigenvalue weighted by Gasteiger charge is 2.21. The van der Waals surface area contributed by atoms with Crippen LogP contribution in [0.25, 0.3) is 65.8 Å². The molecule has 0 N–H and O–H groups in total. The molecule has 184 valence electrons. The Morgan fingerprint density at radius 2 is 1.05 bits per heavy atom. The molecule has 7 aromatic rings. The summed E-state index contributed by atoms with van der Waals surface area (Å²) < 4.78 is 6.16. The standard InChI is InChI=1S/C38H26O/c1-2-12-25(13-3-1)27-14-4-5-16-29(27)38-32-19-8-6-17-30(32)37(31-18-7-9-20-33(31)38)26-22-23-36-34(24-26)28-15-10-11-21-35(28)39-36/h1-4,6-15,17-24H,5,16H2. The molecule has 1 aliphatic rings. The minimum Gasteiger partial charge on any atom is -0.456 e. The second-order valence-corrected chi connectivity index (χ2v) is 10.3. The molecule has 8 rings (SSSR count). The highest BCUT2D eigenvalue weighted by atomic mass is 16.3. The zero-order valence-corrected chi connectivity index (χ0v) is 21.5. The third-order valence-corrected chi connectivity index (χ3v) is 8.15. The number of hydrogen-bond donors (Lipinski definition) is 0. The Balaban J connectivity index is 1.48. The van der Waals surface area contributed by atoms with Crippen molar-refractivity contribution in [3.63, 3.8) is 0 Å². The Morgan fingerprint density at radius 1 is 0.462 bits per heavy atom. The van der Waals surface area contributed by atoms with Gasteiger partial charge in [-0.15, -0.1) is 0 Å². The molecular formula is C38H26O. The molecular weight excluding hydrogens is 472 g/mol. The molecule has 1 aliphatic carbocycles. The molecule has 0 saturated heterocycles. The number of allylic oxidation sites excluding steroid dienone is 4. The van der Waals surface area contributed by atoms with E-state index in [1.54, 1.807) is 0 Å². The summed E-state index contributed by atoms with van der Waals surface area (Å²) in [5, 5.41) is 7.50. The van der Waals surface area contributed by atoms with Crippen LogP contribution in [-0.4, -0.2) is 0 Å². The van der Waals surface area contributed by atoms with E-state index in [2.05, 4.69) is 121 Å². The van der Waals surface area contributed by atoms with E-state index in [0.29, 0.717) is 0 Å². The Labute approximate surface area is 227 Å². The fraction of sp³-hybridized carbons (Fsp3) is 0.0526. The summed E-state index contributed by atoms with van der Waals surface area (Å²) in [4.78, 5) is 0. The minimum absolute atomic E-state index is 0.928. The number of benzene rings is 6. The summed E-state index contributed by atoms with van der Waals surface area (Å²) in [5.41, 5.74) is 9.76. The Morgan fingerprint density at radius 3 is 1.77 bits per heavy atom. The Hall–Kier alpha value is -4.88. The SMILES string of the molecule is C1=CC(c2ccccc2)=C(c2c3ccccc3c(-c3ccc4oc5ccccc5c4c3)c3ccccc23)CC1. The maximum atomic E-state index is 6.16. The molecule has 1 heterocycles. The van der Waals surface area contributed by atoms with Gasteiger partial charge in [0.1, 0.15) is 11.2 Å². The second kappa shape index (κ2) is 8.85. The molecule has 6 aromatic carbocycles. The highest BCUT2D eigenvalue weighted by Crippen LogP contribution is 2.46. The predicted molar refractivity (Wildman–Crippen MR) is 166 cm³/mol. The zero-order chi connectivity index (χ0) is 25.8. The first-order valence-corrected chi connectivity index (χ1v) is 13.7. The van der Waals surface area contributed by atoms with Gasteiger partial charge in [0.25, 0.3) is 0 Å². The van der Waals surface area contributed by atoms with Crippen LogP contribution in [0, 0.1) is 0 Å². The van der Waals surface area contributed by atoms with Crippen molar-refractivity contribution in [3.05, 3.63) is 145 Å². The lowest BCUT2D eigenvalue weighted by molar-refractivity contribution is 0.669. The van der Waals surface area contributed by atoms with Gasteiger partial charge in [-0.2, -0.15) is 0 Å². The fourth-order valence-electron chi connectivity index (χ4n) is 6.46. The largest absolute Gasteiger partial charge is 0.456 e. The number of furan rings is 1. The number of rotatable bonds is 3. The second-order valence-electron chi connectivity index (χ2n) is 10.3. The summed E-state index contributed by atoms with van der Waals surface area (Å²) in [7, 11) is 0. The van der Waals surface area contributed by atoms with Gasteiger partial charge in [-0.3, -0.25) is 0 Å². The van der Waals surface area contributed by atoms with E-state index in [9.17, 15) is 0 Å². The van der Waals surface area contributed by atoms with Crippen LogP contribution in [0.3, 0.4) is 0 Å². The van der Waals surface area contributed by atoms with Gasteiger partial charge in [0.05, 0.1) is 0 Å². The molecule has 0 amide bonds. The average Bonchev–Trinajstić information content (AvgIpc) is 3.38. The van der Waals surface area contributed by atoms with Crippen molar-refractivity contribution in [3.8, 4) is 11.1 Å². The van der Waals surface area contributed by atoms with Gasteiger partial charge in [-0.1, -0.05) is 115 Å². The van der Waals surface area contributed by atoms with Crippen LogP contribution in [-0.2, 0) is 0 Å². The molecule has 0 atom stereocenters. The van der Waals surface area contributed by atoms with Gasteiger partial charge in [0, 0.05) is 10.8 Å². The van der Waals surface area contributed by atoms with Gasteiger partial charge in [0.15, 0.2) is 0 Å². The van der Waals surface area contributed by atoms with Gasteiger partial charge in [0.2, 0.25) is 0 Å². The van der Waals surface area contributed by atoms with Crippen LogP contribution in [0.2, 0.25) is 0 Å². The molecule has 1 nitrogen and oxygen atoms in total. The topological polar surface area (TPSA) is 13.1 Å². The summed E-state index contributed by atoms with van der Waals surface area (Å²) in [6, 6.07) is 43.7. The summed E-state index contributed by atoms with van der Waals surface area (Å²) in [6.07, 6.45) is 6.72. The summed E-state index contributed by atoms with van der Waals surface area (Å²) >= 11 is 0. The van der Waals surface area contributed by atoms with Gasteiger partial charge in [-0.05, 0) is 86.0 Å². The molecule has 0 radical (unpaired) electrons. The first kappa shape index (κ1) is 22.1. The third-order valence-electron chi connectivity index (χ3n) is 8.15. The molecule has 0 fully saturated rings. The molecule has 0 spiro atoms. The highest BCUT2D eigenvalue weighted by molar-refractivity contribution is 6.21. The monoisotopic (exact) mass is 498 g/mol. The first-order chi connectivity index (χ1) is 19.4. The van der Waals surface area contributed by atoms with Crippen molar-refractivity contribution < 1.29 is 4.42 Å². The van der Waals surface area contributed by atoms with Crippen LogP contribution in [0.1, 0.15) is 24.0 Å². The molecule has 0 aliphatic heterocycles. The predicted octanol–water partition coefficient (Wildman–Crippen LogP) is 10.8. The average molecular weight is 499 g/mol. The van der Waals surface area contributed by atoms with Crippen molar-refractivity contribution in [2.45, 2.75) is 12.8 Å². The zero-order valence-electron chi connectivity index (χ0n) is 21.5. The van der Waals surface area contributed by atoms with E-state index < -0.39 is 0 Å². The maximum absolute atomic E-state index is 6.16. The van der Waals surface area contributed by atoms with Crippen LogP contribution >= 0.6 is 0 Å². The molecule has 1 heteroatoms. The van der Waals surface area contributed by atoms with Crippen LogP contribution in [0.15, 0.2) is 138 Å². The van der Waals surface area contributed by atoms with Crippen molar-refractivity contribution in [1.82, 2.24) is 0 Å². The van der Waals surface area contributed by atoms with Gasteiger partial charge in [-0.25, -0.2) is 0 Å². The van der Waals surface area contributed by atoms with Crippen molar-refractivity contribution in [1.29, 1.82) is 0 Å². The maximum Gasteiger partial charge on any atom is 0.135 e. The van der Waals surface area contributed by atoms with E-state index in [0.717, 1.165) is 34.8 Å². The molecule has 39 heavy (non-hydrogen) atoms. The van der Waals surface area contributed by atoms with E-state index in [1.165, 1.54) is 54.9 Å². The van der Waals surface area contributed by atoms with Crippen LogP contribution in [0.5, 0.6) is 0 Å². The summed E-state index contributed by atoms with van der Waals surface area (Å²) in [5.74, 6) is 0. The third kappa shape index (κ3) is 3.47. The number of fused-ring (bicyclic) bond motifs is 5. The molecule has 0 saturated carbocycles. The smallest absolute Gasteiger partial charge is 0.135 e. The van der Waals surface area contributed by atoms with Gasteiger partial charge < -0.3 is 4.42 Å². The van der Waals surface area contributed by atoms with Crippen LogP contribution in [0.4, 0.5) is 0 Å². The lowest BCUT2D eigenvalue weighted by atomic mass is 9.81. The Kier molecular flexibility index (Phi) is 5.03. The van der Waals surface area contributed by atoms with E-state index in [-0.39, 0.29) is 0 Å². The molecule has 0 unspecified atom stereocenters. The molecule has 1 aromatic heterocycles. The number of hydrogen-bond acceptors (Lipinski definition) is 1. The normalized spacial score (nSPS) is 13.7. The van der Waals surface area contributed by atoms with E-state index in [1.807, 2.05) is 12.1 Å². The van der Waals surface area contributed by atoms with Crippen molar-refractivity contribution >= 4 is 54.6 Å². The van der Waals surface area contributed by atoms with Crippen molar-refractivity contribution in [2.24, 2.45) is 0 Å². The summed E-state index contributed by atoms with van der Waals surface area (Å²) in [6.45, 7) is 0. The van der Waals surface area contributed by atoms with Crippen LogP contribution < -0.4 is 0 Å². The van der Waals surface area contributed by atoms with E-state index in [4.69, 9.17) is 4.42 Å². The number of para-hydroxylation sites is 1. The Bertz CT molecular complexity index is 2050. The van der Waals surface area contributed by atoms with Crippen molar-refractivity contribution in [2.75, 3.05) is 0 Å². The molecule has 0 bridgehead atoms.